The zero-order valence-electron chi connectivity index (χ0n) is 21.0. The van der Waals surface area contributed by atoms with Gasteiger partial charge in [0.15, 0.2) is 0 Å². The maximum absolute atomic E-state index is 11.5. The Kier molecular flexibility index (Phi) is 8.09. The van der Waals surface area contributed by atoms with Crippen molar-refractivity contribution in [2.75, 3.05) is 27.7 Å². The average Bonchev–Trinajstić information content (AvgIpc) is 2.92. The van der Waals surface area contributed by atoms with Crippen molar-refractivity contribution in [3.63, 3.8) is 0 Å². The number of carbonyl (C=O) groups is 1. The van der Waals surface area contributed by atoms with Crippen LogP contribution in [-0.2, 0) is 22.5 Å². The van der Waals surface area contributed by atoms with Gasteiger partial charge in [0, 0.05) is 25.6 Å². The fourth-order valence-electron chi connectivity index (χ4n) is 4.63. The van der Waals surface area contributed by atoms with E-state index in [1.54, 1.807) is 6.08 Å². The van der Waals surface area contributed by atoms with E-state index in [0.717, 1.165) is 48.4 Å². The highest BCUT2D eigenvalue weighted by molar-refractivity contribution is 5.88. The first kappa shape index (κ1) is 25.1. The second-order valence-corrected chi connectivity index (χ2v) is 11.2. The third kappa shape index (κ3) is 7.80. The molecule has 2 aromatic rings. The second-order valence-electron chi connectivity index (χ2n) is 11.2. The first-order chi connectivity index (χ1) is 14.3. The molecule has 5 nitrogen and oxygen atoms in total. The molecule has 0 aliphatic heterocycles. The van der Waals surface area contributed by atoms with E-state index < -0.39 is 0 Å². The van der Waals surface area contributed by atoms with Crippen LogP contribution in [0.5, 0.6) is 0 Å². The molecular weight excluding hydrogens is 386 g/mol. The molecule has 5 heteroatoms. The monoisotopic (exact) mass is 427 g/mol. The minimum Gasteiger partial charge on any atom is -0.466 e. The summed E-state index contributed by atoms with van der Waals surface area (Å²) in [5.41, 5.74) is 3.49. The lowest BCUT2D eigenvalue weighted by Gasteiger charge is -2.30. The number of fused-ring (bicyclic) bond motifs is 1. The number of methoxy groups -OCH3 is 1. The standard InChI is InChI=1S/C26H41N3O2/c1-19(16-25(2,3)4)14-23-27-21-15-20(11-13-24(30)31-9)10-12-22(21)29(23)18-26(5,6)17-28(7)8/h10-13,15,19H,14,16-18H2,1-9H3/b13-11+. The van der Waals surface area contributed by atoms with Gasteiger partial charge in [-0.1, -0.05) is 47.6 Å². The molecule has 31 heavy (non-hydrogen) atoms. The third-order valence-electron chi connectivity index (χ3n) is 5.29. The van der Waals surface area contributed by atoms with Crippen LogP contribution >= 0.6 is 0 Å². The Morgan fingerprint density at radius 2 is 1.90 bits per heavy atom. The molecule has 0 bridgehead atoms. The molecule has 1 atom stereocenters. The largest absolute Gasteiger partial charge is 0.466 e. The zero-order chi connectivity index (χ0) is 23.4. The summed E-state index contributed by atoms with van der Waals surface area (Å²) in [6, 6.07) is 6.23. The van der Waals surface area contributed by atoms with Gasteiger partial charge in [-0.25, -0.2) is 9.78 Å². The van der Waals surface area contributed by atoms with Crippen molar-refractivity contribution >= 4 is 23.1 Å². The number of imidazole rings is 1. The molecular formula is C26H41N3O2. The number of carbonyl (C=O) groups excluding carboxylic acids is 1. The second kappa shape index (κ2) is 9.99. The van der Waals surface area contributed by atoms with Crippen molar-refractivity contribution in [1.29, 1.82) is 0 Å². The molecule has 1 unspecified atom stereocenters. The number of hydrogen-bond acceptors (Lipinski definition) is 4. The average molecular weight is 428 g/mol. The van der Waals surface area contributed by atoms with Crippen molar-refractivity contribution in [3.8, 4) is 0 Å². The van der Waals surface area contributed by atoms with E-state index in [2.05, 4.69) is 77.2 Å². The number of aromatic nitrogens is 2. The van der Waals surface area contributed by atoms with Gasteiger partial charge in [-0.3, -0.25) is 0 Å². The number of hydrogen-bond donors (Lipinski definition) is 0. The topological polar surface area (TPSA) is 47.4 Å². The van der Waals surface area contributed by atoms with Crippen LogP contribution in [0.1, 0.15) is 59.4 Å². The summed E-state index contributed by atoms with van der Waals surface area (Å²) in [5, 5.41) is 0. The normalized spacial score (nSPS) is 14.0. The van der Waals surface area contributed by atoms with Gasteiger partial charge in [-0.2, -0.15) is 0 Å². The van der Waals surface area contributed by atoms with Gasteiger partial charge in [0.2, 0.25) is 0 Å². The van der Waals surface area contributed by atoms with Gasteiger partial charge in [-0.15, -0.1) is 0 Å². The Morgan fingerprint density at radius 1 is 1.23 bits per heavy atom. The van der Waals surface area contributed by atoms with Gasteiger partial charge >= 0.3 is 5.97 Å². The summed E-state index contributed by atoms with van der Waals surface area (Å²) in [4.78, 5) is 18.8. The Morgan fingerprint density at radius 3 is 2.48 bits per heavy atom. The molecule has 0 radical (unpaired) electrons. The number of nitrogens with zero attached hydrogens (tertiary/aromatic N) is 3. The van der Waals surface area contributed by atoms with Crippen LogP contribution in [0.25, 0.3) is 17.1 Å². The third-order valence-corrected chi connectivity index (χ3v) is 5.29. The van der Waals surface area contributed by atoms with E-state index in [0.29, 0.717) is 11.3 Å². The van der Waals surface area contributed by atoms with Crippen molar-refractivity contribution in [2.45, 2.75) is 60.9 Å². The Balaban J connectivity index is 2.44. The number of benzene rings is 1. The summed E-state index contributed by atoms with van der Waals surface area (Å²) in [6.07, 6.45) is 5.34. The predicted molar refractivity (Wildman–Crippen MR) is 130 cm³/mol. The van der Waals surface area contributed by atoms with Gasteiger partial charge < -0.3 is 14.2 Å². The fraction of sp³-hybridized carbons (Fsp3) is 0.615. The highest BCUT2D eigenvalue weighted by Gasteiger charge is 2.24. The summed E-state index contributed by atoms with van der Waals surface area (Å²) in [6.45, 7) is 15.8. The van der Waals surface area contributed by atoms with E-state index >= 15 is 0 Å². The van der Waals surface area contributed by atoms with Gasteiger partial charge in [0.25, 0.3) is 0 Å². The SMILES string of the molecule is COC(=O)/C=C/c1ccc2c(c1)nc(CC(C)CC(C)(C)C)n2CC(C)(C)CN(C)C. The van der Waals surface area contributed by atoms with Crippen molar-refractivity contribution in [3.05, 3.63) is 35.7 Å². The molecule has 0 aliphatic rings. The Hall–Kier alpha value is -2.14. The molecule has 1 aromatic heterocycles. The van der Waals surface area contributed by atoms with Crippen LogP contribution in [0.3, 0.4) is 0 Å². The summed E-state index contributed by atoms with van der Waals surface area (Å²) in [7, 11) is 5.64. The number of rotatable bonds is 9. The molecule has 2 rings (SSSR count). The van der Waals surface area contributed by atoms with E-state index in [4.69, 9.17) is 9.72 Å². The molecule has 0 saturated carbocycles. The first-order valence-electron chi connectivity index (χ1n) is 11.2. The Bertz CT molecular complexity index is 917. The van der Waals surface area contributed by atoms with Crippen molar-refractivity contribution < 1.29 is 9.53 Å². The van der Waals surface area contributed by atoms with Gasteiger partial charge in [-0.05, 0) is 61.0 Å². The molecule has 0 N–H and O–H groups in total. The maximum Gasteiger partial charge on any atom is 0.330 e. The molecule has 0 amide bonds. The van der Waals surface area contributed by atoms with Crippen LogP contribution in [-0.4, -0.2) is 48.2 Å². The first-order valence-corrected chi connectivity index (χ1v) is 11.2. The molecule has 0 fully saturated rings. The predicted octanol–water partition coefficient (Wildman–Crippen LogP) is 5.43. The molecule has 1 aromatic carbocycles. The Labute approximate surface area is 188 Å². The molecule has 172 valence electrons. The van der Waals surface area contributed by atoms with Gasteiger partial charge in [0.1, 0.15) is 5.82 Å². The van der Waals surface area contributed by atoms with E-state index in [1.807, 2.05) is 6.07 Å². The van der Waals surface area contributed by atoms with E-state index in [1.165, 1.54) is 13.2 Å². The van der Waals surface area contributed by atoms with E-state index in [9.17, 15) is 4.79 Å². The molecule has 0 aliphatic carbocycles. The van der Waals surface area contributed by atoms with Crippen molar-refractivity contribution in [1.82, 2.24) is 14.5 Å². The lowest BCUT2D eigenvalue weighted by Crippen LogP contribution is -2.33. The molecule has 0 saturated heterocycles. The van der Waals surface area contributed by atoms with Crippen LogP contribution in [0.2, 0.25) is 0 Å². The highest BCUT2D eigenvalue weighted by atomic mass is 16.5. The van der Waals surface area contributed by atoms with Crippen LogP contribution in [0, 0.1) is 16.7 Å². The van der Waals surface area contributed by atoms with Crippen LogP contribution < -0.4 is 0 Å². The minimum atomic E-state index is -0.354. The van der Waals surface area contributed by atoms with Crippen LogP contribution in [0.4, 0.5) is 0 Å². The summed E-state index contributed by atoms with van der Waals surface area (Å²) in [5.74, 6) is 1.34. The highest BCUT2D eigenvalue weighted by Crippen LogP contribution is 2.30. The minimum absolute atomic E-state index is 0.114. The zero-order valence-corrected chi connectivity index (χ0v) is 21.0. The maximum atomic E-state index is 11.5. The lowest BCUT2D eigenvalue weighted by atomic mass is 9.84. The summed E-state index contributed by atoms with van der Waals surface area (Å²) < 4.78 is 7.11. The molecule has 0 spiro atoms. The quantitative estimate of drug-likeness (QED) is 0.396. The smallest absolute Gasteiger partial charge is 0.330 e. The van der Waals surface area contributed by atoms with Gasteiger partial charge in [0.05, 0.1) is 18.1 Å². The van der Waals surface area contributed by atoms with E-state index in [-0.39, 0.29) is 11.4 Å². The van der Waals surface area contributed by atoms with Crippen LogP contribution in [0.15, 0.2) is 24.3 Å². The number of esters is 1. The van der Waals surface area contributed by atoms with Crippen molar-refractivity contribution in [2.24, 2.45) is 16.7 Å². The number of ether oxygens (including phenoxy) is 1. The lowest BCUT2D eigenvalue weighted by molar-refractivity contribution is -0.134. The molecule has 1 heterocycles. The fourth-order valence-corrected chi connectivity index (χ4v) is 4.63. The summed E-state index contributed by atoms with van der Waals surface area (Å²) >= 11 is 0.